The number of aryl methyl sites for hydroxylation is 1. The molecular formula is C12H16BrN3O2. The number of hydrogen-bond donors (Lipinski definition) is 2. The van der Waals surface area contributed by atoms with Crippen molar-refractivity contribution in [3.8, 4) is 0 Å². The molecule has 2 N–H and O–H groups in total. The van der Waals surface area contributed by atoms with Crippen LogP contribution in [0.1, 0.15) is 18.4 Å². The van der Waals surface area contributed by atoms with Gasteiger partial charge in [-0.25, -0.2) is 0 Å². The van der Waals surface area contributed by atoms with Gasteiger partial charge in [0.05, 0.1) is 10.6 Å². The summed E-state index contributed by atoms with van der Waals surface area (Å²) in [6.07, 6.45) is 2.07. The van der Waals surface area contributed by atoms with Crippen LogP contribution < -0.4 is 10.6 Å². The Kier molecular flexibility index (Phi) is 4.19. The zero-order valence-corrected chi connectivity index (χ0v) is 11.8. The average molecular weight is 314 g/mol. The molecule has 2 rings (SSSR count). The SMILES string of the molecule is Cc1cc(Br)c(NC2CCNCC2)cc1[N+](=O)[O-]. The summed E-state index contributed by atoms with van der Waals surface area (Å²) in [5, 5.41) is 17.6. The molecule has 0 bridgehead atoms. The summed E-state index contributed by atoms with van der Waals surface area (Å²) >= 11 is 3.46. The third-order valence-corrected chi connectivity index (χ3v) is 3.84. The van der Waals surface area contributed by atoms with E-state index in [0.29, 0.717) is 11.6 Å². The van der Waals surface area contributed by atoms with E-state index in [2.05, 4.69) is 26.6 Å². The number of benzene rings is 1. The summed E-state index contributed by atoms with van der Waals surface area (Å²) in [5.74, 6) is 0. The summed E-state index contributed by atoms with van der Waals surface area (Å²) < 4.78 is 0.879. The highest BCUT2D eigenvalue weighted by Crippen LogP contribution is 2.31. The number of hydrogen-bond acceptors (Lipinski definition) is 4. The lowest BCUT2D eigenvalue weighted by atomic mass is 10.1. The Bertz CT molecular complexity index is 459. The van der Waals surface area contributed by atoms with Crippen molar-refractivity contribution >= 4 is 27.3 Å². The molecule has 0 amide bonds. The van der Waals surface area contributed by atoms with Crippen LogP contribution in [-0.4, -0.2) is 24.1 Å². The van der Waals surface area contributed by atoms with Gasteiger partial charge in [0.15, 0.2) is 0 Å². The van der Waals surface area contributed by atoms with Crippen LogP contribution in [0.5, 0.6) is 0 Å². The van der Waals surface area contributed by atoms with Gasteiger partial charge in [0.25, 0.3) is 5.69 Å². The van der Waals surface area contributed by atoms with Crippen LogP contribution in [0.2, 0.25) is 0 Å². The summed E-state index contributed by atoms with van der Waals surface area (Å²) in [6.45, 7) is 3.73. The van der Waals surface area contributed by atoms with Crippen LogP contribution in [0, 0.1) is 17.0 Å². The first-order valence-electron chi connectivity index (χ1n) is 5.99. The molecule has 0 saturated carbocycles. The van der Waals surface area contributed by atoms with Gasteiger partial charge in [-0.15, -0.1) is 0 Å². The number of halogens is 1. The first-order chi connectivity index (χ1) is 8.58. The molecule has 1 fully saturated rings. The quantitative estimate of drug-likeness (QED) is 0.665. The van der Waals surface area contributed by atoms with Gasteiger partial charge in [0.1, 0.15) is 0 Å². The van der Waals surface area contributed by atoms with Crippen molar-refractivity contribution in [3.05, 3.63) is 32.3 Å². The van der Waals surface area contributed by atoms with Gasteiger partial charge < -0.3 is 10.6 Å². The fourth-order valence-corrected chi connectivity index (χ4v) is 2.73. The molecule has 0 aromatic heterocycles. The third kappa shape index (κ3) is 3.00. The second kappa shape index (κ2) is 5.67. The van der Waals surface area contributed by atoms with Crippen molar-refractivity contribution in [2.45, 2.75) is 25.8 Å². The van der Waals surface area contributed by atoms with Gasteiger partial charge in [-0.05, 0) is 54.9 Å². The molecule has 5 nitrogen and oxygen atoms in total. The summed E-state index contributed by atoms with van der Waals surface area (Å²) in [7, 11) is 0. The van der Waals surface area contributed by atoms with Crippen molar-refractivity contribution in [2.24, 2.45) is 0 Å². The Morgan fingerprint density at radius 2 is 2.11 bits per heavy atom. The molecule has 0 unspecified atom stereocenters. The van der Waals surface area contributed by atoms with E-state index < -0.39 is 0 Å². The van der Waals surface area contributed by atoms with E-state index in [1.54, 1.807) is 19.1 Å². The Labute approximate surface area is 114 Å². The van der Waals surface area contributed by atoms with Crippen molar-refractivity contribution in [1.82, 2.24) is 5.32 Å². The molecule has 1 aliphatic rings. The molecule has 1 aromatic carbocycles. The average Bonchev–Trinajstić information content (AvgIpc) is 2.33. The van der Waals surface area contributed by atoms with E-state index in [-0.39, 0.29) is 10.6 Å². The number of anilines is 1. The summed E-state index contributed by atoms with van der Waals surface area (Å²) in [6, 6.07) is 3.79. The van der Waals surface area contributed by atoms with Gasteiger partial charge >= 0.3 is 0 Å². The van der Waals surface area contributed by atoms with Crippen LogP contribution in [-0.2, 0) is 0 Å². The first-order valence-corrected chi connectivity index (χ1v) is 6.79. The van der Waals surface area contributed by atoms with E-state index in [1.165, 1.54) is 0 Å². The largest absolute Gasteiger partial charge is 0.381 e. The van der Waals surface area contributed by atoms with Gasteiger partial charge in [-0.3, -0.25) is 10.1 Å². The number of nitrogens with one attached hydrogen (secondary N) is 2. The van der Waals surface area contributed by atoms with Crippen molar-refractivity contribution < 1.29 is 4.92 Å². The predicted molar refractivity (Wildman–Crippen MR) is 75.0 cm³/mol. The zero-order chi connectivity index (χ0) is 13.1. The molecule has 0 radical (unpaired) electrons. The number of piperidine rings is 1. The Balaban J connectivity index is 2.21. The highest BCUT2D eigenvalue weighted by Gasteiger charge is 2.18. The Morgan fingerprint density at radius 3 is 2.72 bits per heavy atom. The highest BCUT2D eigenvalue weighted by atomic mass is 79.9. The van der Waals surface area contributed by atoms with Crippen molar-refractivity contribution in [3.63, 3.8) is 0 Å². The molecule has 0 spiro atoms. The van der Waals surface area contributed by atoms with Crippen molar-refractivity contribution in [1.29, 1.82) is 0 Å². The summed E-state index contributed by atoms with van der Waals surface area (Å²) in [5.41, 5.74) is 1.64. The first kappa shape index (κ1) is 13.3. The molecule has 0 aliphatic carbocycles. The maximum absolute atomic E-state index is 10.9. The lowest BCUT2D eigenvalue weighted by Gasteiger charge is -2.25. The Morgan fingerprint density at radius 1 is 1.44 bits per heavy atom. The lowest BCUT2D eigenvalue weighted by Crippen LogP contribution is -2.35. The van der Waals surface area contributed by atoms with E-state index in [0.717, 1.165) is 36.1 Å². The van der Waals surface area contributed by atoms with Crippen LogP contribution >= 0.6 is 15.9 Å². The number of rotatable bonds is 3. The molecule has 1 aromatic rings. The molecular weight excluding hydrogens is 298 g/mol. The zero-order valence-electron chi connectivity index (χ0n) is 10.2. The van der Waals surface area contributed by atoms with Gasteiger partial charge in [-0.2, -0.15) is 0 Å². The van der Waals surface area contributed by atoms with Crippen molar-refractivity contribution in [2.75, 3.05) is 18.4 Å². The van der Waals surface area contributed by atoms with Crippen LogP contribution in [0.4, 0.5) is 11.4 Å². The minimum Gasteiger partial charge on any atom is -0.381 e. The number of nitro groups is 1. The second-order valence-corrected chi connectivity index (χ2v) is 5.40. The fourth-order valence-electron chi connectivity index (χ4n) is 2.15. The maximum atomic E-state index is 10.9. The van der Waals surface area contributed by atoms with E-state index >= 15 is 0 Å². The van der Waals surface area contributed by atoms with Gasteiger partial charge in [0.2, 0.25) is 0 Å². The fraction of sp³-hybridized carbons (Fsp3) is 0.500. The van der Waals surface area contributed by atoms with Crippen LogP contribution in [0.15, 0.2) is 16.6 Å². The minimum absolute atomic E-state index is 0.162. The molecule has 6 heteroatoms. The number of nitro benzene ring substituents is 1. The maximum Gasteiger partial charge on any atom is 0.274 e. The smallest absolute Gasteiger partial charge is 0.274 e. The third-order valence-electron chi connectivity index (χ3n) is 3.18. The predicted octanol–water partition coefficient (Wildman–Crippen LogP) is 2.83. The summed E-state index contributed by atoms with van der Waals surface area (Å²) in [4.78, 5) is 10.6. The van der Waals surface area contributed by atoms with E-state index in [9.17, 15) is 10.1 Å². The molecule has 18 heavy (non-hydrogen) atoms. The Hall–Kier alpha value is -1.14. The van der Waals surface area contributed by atoms with E-state index in [4.69, 9.17) is 0 Å². The lowest BCUT2D eigenvalue weighted by molar-refractivity contribution is -0.385. The normalized spacial score (nSPS) is 16.6. The van der Waals surface area contributed by atoms with Gasteiger partial charge in [0, 0.05) is 22.1 Å². The molecule has 98 valence electrons. The topological polar surface area (TPSA) is 67.2 Å². The monoisotopic (exact) mass is 313 g/mol. The molecule has 1 heterocycles. The highest BCUT2D eigenvalue weighted by molar-refractivity contribution is 9.10. The second-order valence-electron chi connectivity index (χ2n) is 4.54. The van der Waals surface area contributed by atoms with E-state index in [1.807, 2.05) is 0 Å². The van der Waals surface area contributed by atoms with Gasteiger partial charge in [-0.1, -0.05) is 0 Å². The van der Waals surface area contributed by atoms with Crippen LogP contribution in [0.25, 0.3) is 0 Å². The van der Waals surface area contributed by atoms with Crippen LogP contribution in [0.3, 0.4) is 0 Å². The molecule has 0 atom stereocenters. The molecule has 1 saturated heterocycles. The minimum atomic E-state index is -0.338. The number of nitrogens with zero attached hydrogens (tertiary/aromatic N) is 1. The molecule has 1 aliphatic heterocycles. The standard InChI is InChI=1S/C12H16BrN3O2/c1-8-6-10(13)11(7-12(8)16(17)18)15-9-2-4-14-5-3-9/h6-7,9,14-15H,2-5H2,1H3.